The number of carbonyl (C=O) groups is 1. The summed E-state index contributed by atoms with van der Waals surface area (Å²) >= 11 is 0. The first-order valence-corrected chi connectivity index (χ1v) is 6.17. The molecule has 2 N–H and O–H groups in total. The Hall–Kier alpha value is -2.22. The van der Waals surface area contributed by atoms with E-state index >= 15 is 0 Å². The van der Waals surface area contributed by atoms with Crippen molar-refractivity contribution < 1.29 is 14.1 Å². The van der Waals surface area contributed by atoms with Crippen LogP contribution >= 0.6 is 0 Å². The van der Waals surface area contributed by atoms with E-state index in [4.69, 9.17) is 5.73 Å². The molecule has 0 unspecified atom stereocenters. The molecule has 0 aliphatic carbocycles. The predicted molar refractivity (Wildman–Crippen MR) is 70.9 cm³/mol. The van der Waals surface area contributed by atoms with Crippen LogP contribution in [0.1, 0.15) is 0 Å². The molecule has 1 saturated heterocycles. The maximum Gasteiger partial charge on any atom is 0.295 e. The summed E-state index contributed by atoms with van der Waals surface area (Å²) in [6.45, 7) is 2.40. The van der Waals surface area contributed by atoms with Crippen molar-refractivity contribution in [3.05, 3.63) is 34.1 Å². The molecule has 0 spiro atoms. The van der Waals surface area contributed by atoms with Gasteiger partial charge in [-0.1, -0.05) is 0 Å². The van der Waals surface area contributed by atoms with Crippen molar-refractivity contribution in [3.63, 3.8) is 0 Å². The van der Waals surface area contributed by atoms with Gasteiger partial charge < -0.3 is 10.6 Å². The van der Waals surface area contributed by atoms with Crippen LogP contribution < -0.4 is 10.6 Å². The molecule has 1 heterocycles. The maximum atomic E-state index is 13.1. The number of halogens is 1. The number of nitro groups is 1. The molecule has 0 bridgehead atoms. The molecule has 2 rings (SSSR count). The first-order chi connectivity index (χ1) is 9.47. The van der Waals surface area contributed by atoms with Gasteiger partial charge in [-0.25, -0.2) is 4.39 Å². The van der Waals surface area contributed by atoms with Gasteiger partial charge in [-0.2, -0.15) is 0 Å². The smallest absolute Gasteiger partial charge is 0.295 e. The topological polar surface area (TPSA) is 92.7 Å². The summed E-state index contributed by atoms with van der Waals surface area (Å²) in [6, 6.07) is 3.54. The van der Waals surface area contributed by atoms with Gasteiger partial charge >= 0.3 is 0 Å². The molecule has 1 aromatic rings. The number of nitrogens with zero attached hydrogens (tertiary/aromatic N) is 3. The Balaban J connectivity index is 2.11. The Morgan fingerprint density at radius 3 is 2.55 bits per heavy atom. The average molecular weight is 282 g/mol. The Morgan fingerprint density at radius 1 is 1.35 bits per heavy atom. The van der Waals surface area contributed by atoms with Crippen molar-refractivity contribution in [3.8, 4) is 0 Å². The van der Waals surface area contributed by atoms with Gasteiger partial charge in [0, 0.05) is 26.2 Å². The second kappa shape index (κ2) is 5.83. The first-order valence-electron chi connectivity index (χ1n) is 6.17. The molecule has 1 aliphatic rings. The van der Waals surface area contributed by atoms with Crippen LogP contribution in [0.3, 0.4) is 0 Å². The second-order valence-corrected chi connectivity index (χ2v) is 4.62. The molecule has 0 radical (unpaired) electrons. The molecule has 108 valence electrons. The average Bonchev–Trinajstić information content (AvgIpc) is 2.39. The summed E-state index contributed by atoms with van der Waals surface area (Å²) < 4.78 is 13.1. The van der Waals surface area contributed by atoms with E-state index in [9.17, 15) is 19.3 Å². The van der Waals surface area contributed by atoms with Crippen molar-refractivity contribution in [1.29, 1.82) is 0 Å². The third-order valence-corrected chi connectivity index (χ3v) is 3.23. The summed E-state index contributed by atoms with van der Waals surface area (Å²) in [5.41, 5.74) is 5.28. The number of carbonyl (C=O) groups excluding carboxylic acids is 1. The zero-order chi connectivity index (χ0) is 14.7. The lowest BCUT2D eigenvalue weighted by Gasteiger charge is -2.35. The molecule has 1 amide bonds. The van der Waals surface area contributed by atoms with Crippen LogP contribution in [0.4, 0.5) is 15.8 Å². The normalized spacial score (nSPS) is 16.1. The number of rotatable bonds is 4. The summed E-state index contributed by atoms with van der Waals surface area (Å²) in [7, 11) is 0. The van der Waals surface area contributed by atoms with E-state index in [1.165, 1.54) is 12.1 Å². The SMILES string of the molecule is NC(=O)CN1CCN(c2ccc(F)cc2[N+](=O)[O-])CC1. The van der Waals surface area contributed by atoms with Crippen LogP contribution in [-0.2, 0) is 4.79 Å². The Morgan fingerprint density at radius 2 is 2.00 bits per heavy atom. The third kappa shape index (κ3) is 3.21. The van der Waals surface area contributed by atoms with Crippen LogP contribution in [-0.4, -0.2) is 48.5 Å². The lowest BCUT2D eigenvalue weighted by molar-refractivity contribution is -0.384. The highest BCUT2D eigenvalue weighted by molar-refractivity contribution is 5.76. The third-order valence-electron chi connectivity index (χ3n) is 3.23. The highest BCUT2D eigenvalue weighted by Gasteiger charge is 2.24. The minimum atomic E-state index is -0.632. The number of nitrogens with two attached hydrogens (primary N) is 1. The van der Waals surface area contributed by atoms with E-state index in [2.05, 4.69) is 0 Å². The number of nitro benzene ring substituents is 1. The highest BCUT2D eigenvalue weighted by atomic mass is 19.1. The molecule has 0 saturated carbocycles. The van der Waals surface area contributed by atoms with Crippen LogP contribution in [0.15, 0.2) is 18.2 Å². The number of primary amides is 1. The van der Waals surface area contributed by atoms with E-state index in [0.717, 1.165) is 6.07 Å². The summed E-state index contributed by atoms with van der Waals surface area (Å²) in [5.74, 6) is -1.03. The molecular formula is C12H15FN4O3. The highest BCUT2D eigenvalue weighted by Crippen LogP contribution is 2.29. The van der Waals surface area contributed by atoms with Crippen molar-refractivity contribution in [2.24, 2.45) is 5.73 Å². The number of piperazine rings is 1. The zero-order valence-electron chi connectivity index (χ0n) is 10.8. The fourth-order valence-corrected chi connectivity index (χ4v) is 2.28. The molecule has 8 heteroatoms. The Kier molecular flexibility index (Phi) is 4.14. The number of benzene rings is 1. The fourth-order valence-electron chi connectivity index (χ4n) is 2.28. The number of hydrogen-bond acceptors (Lipinski definition) is 5. The van der Waals surface area contributed by atoms with E-state index in [1.807, 2.05) is 9.80 Å². The maximum absolute atomic E-state index is 13.1. The predicted octanol–water partition coefficient (Wildman–Crippen LogP) is 0.341. The Bertz CT molecular complexity index is 529. The van der Waals surface area contributed by atoms with E-state index < -0.39 is 16.6 Å². The second-order valence-electron chi connectivity index (χ2n) is 4.62. The van der Waals surface area contributed by atoms with Crippen molar-refractivity contribution in [2.45, 2.75) is 0 Å². The summed E-state index contributed by atoms with van der Waals surface area (Å²) in [4.78, 5) is 24.9. The van der Waals surface area contributed by atoms with Gasteiger partial charge in [0.05, 0.1) is 17.5 Å². The Labute approximate surface area is 114 Å². The van der Waals surface area contributed by atoms with Gasteiger partial charge in [0.1, 0.15) is 11.5 Å². The molecular weight excluding hydrogens is 267 g/mol. The quantitative estimate of drug-likeness (QED) is 0.635. The first kappa shape index (κ1) is 14.2. The van der Waals surface area contributed by atoms with Gasteiger partial charge in [0.2, 0.25) is 5.91 Å². The zero-order valence-corrected chi connectivity index (χ0v) is 10.8. The molecule has 0 atom stereocenters. The van der Waals surface area contributed by atoms with E-state index in [-0.39, 0.29) is 12.2 Å². The molecule has 20 heavy (non-hydrogen) atoms. The van der Waals surface area contributed by atoms with Gasteiger partial charge in [-0.3, -0.25) is 19.8 Å². The monoisotopic (exact) mass is 282 g/mol. The lowest BCUT2D eigenvalue weighted by Crippen LogP contribution is -2.49. The number of amides is 1. The molecule has 0 aromatic heterocycles. The molecule has 1 aromatic carbocycles. The fraction of sp³-hybridized carbons (Fsp3) is 0.417. The van der Waals surface area contributed by atoms with Crippen molar-refractivity contribution in [2.75, 3.05) is 37.6 Å². The van der Waals surface area contributed by atoms with Crippen LogP contribution in [0.5, 0.6) is 0 Å². The standard InChI is InChI=1S/C12H15FN4O3/c13-9-1-2-10(11(7-9)17(19)20)16-5-3-15(4-6-16)8-12(14)18/h1-2,7H,3-6,8H2,(H2,14,18). The number of anilines is 1. The van der Waals surface area contributed by atoms with Crippen LogP contribution in [0.25, 0.3) is 0 Å². The van der Waals surface area contributed by atoms with Gasteiger partial charge in [-0.15, -0.1) is 0 Å². The number of hydrogen-bond donors (Lipinski definition) is 1. The van der Waals surface area contributed by atoms with E-state index in [0.29, 0.717) is 31.9 Å². The van der Waals surface area contributed by atoms with Crippen LogP contribution in [0.2, 0.25) is 0 Å². The summed E-state index contributed by atoms with van der Waals surface area (Å²) in [5, 5.41) is 11.0. The van der Waals surface area contributed by atoms with Gasteiger partial charge in [-0.05, 0) is 12.1 Å². The molecule has 1 fully saturated rings. The van der Waals surface area contributed by atoms with E-state index in [1.54, 1.807) is 0 Å². The largest absolute Gasteiger partial charge is 0.369 e. The van der Waals surface area contributed by atoms with Crippen molar-refractivity contribution in [1.82, 2.24) is 4.90 Å². The minimum absolute atomic E-state index is 0.180. The van der Waals surface area contributed by atoms with Gasteiger partial charge in [0.15, 0.2) is 0 Å². The van der Waals surface area contributed by atoms with Crippen molar-refractivity contribution >= 4 is 17.3 Å². The van der Waals surface area contributed by atoms with Gasteiger partial charge in [0.25, 0.3) is 5.69 Å². The minimum Gasteiger partial charge on any atom is -0.369 e. The summed E-state index contributed by atoms with van der Waals surface area (Å²) in [6.07, 6.45) is 0. The lowest BCUT2D eigenvalue weighted by atomic mass is 10.2. The molecule has 1 aliphatic heterocycles. The van der Waals surface area contributed by atoms with Crippen LogP contribution in [0, 0.1) is 15.9 Å². The molecule has 7 nitrogen and oxygen atoms in total.